The number of methoxy groups -OCH3 is 1. The van der Waals surface area contributed by atoms with Crippen LogP contribution in [0.25, 0.3) is 5.76 Å². The van der Waals surface area contributed by atoms with Crippen LogP contribution in [0.3, 0.4) is 0 Å². The largest absolute Gasteiger partial charge is 0.507 e. The second-order valence-corrected chi connectivity index (χ2v) is 8.79. The number of morpholine rings is 1. The van der Waals surface area contributed by atoms with Crippen molar-refractivity contribution in [3.63, 3.8) is 0 Å². The van der Waals surface area contributed by atoms with Crippen LogP contribution in [0.4, 0.5) is 0 Å². The number of carbonyl (C=O) groups is 2. The third-order valence-electron chi connectivity index (χ3n) is 6.59. The standard InChI is InChI=1S/C27H32N2O7/c1-4-36-22-16-18(5-8-21(22)30)24-23(25(31)20-7-6-19(34-3)15-17(20)2)26(32)27(33)29(24)10-9-28-11-13-35-14-12-28/h5-8,15-16,24,30-31H,4,9-14H2,1-3H3/b25-23+/t24-/m1/s1. The van der Waals surface area contributed by atoms with Crippen molar-refractivity contribution < 1.29 is 34.0 Å². The van der Waals surface area contributed by atoms with Crippen LogP contribution in [-0.2, 0) is 14.3 Å². The first kappa shape index (κ1) is 25.5. The van der Waals surface area contributed by atoms with Crippen LogP contribution in [0.5, 0.6) is 17.2 Å². The van der Waals surface area contributed by atoms with E-state index in [0.29, 0.717) is 55.4 Å². The second kappa shape index (κ2) is 11.0. The molecule has 2 N–H and O–H groups in total. The number of amides is 1. The summed E-state index contributed by atoms with van der Waals surface area (Å²) in [4.78, 5) is 30.3. The molecule has 0 bridgehead atoms. The van der Waals surface area contributed by atoms with Gasteiger partial charge < -0.3 is 29.3 Å². The molecule has 36 heavy (non-hydrogen) atoms. The fourth-order valence-corrected chi connectivity index (χ4v) is 4.68. The van der Waals surface area contributed by atoms with Crippen molar-refractivity contribution in [3.05, 3.63) is 58.7 Å². The van der Waals surface area contributed by atoms with Gasteiger partial charge in [0.05, 0.1) is 38.5 Å². The summed E-state index contributed by atoms with van der Waals surface area (Å²) >= 11 is 0. The van der Waals surface area contributed by atoms with Gasteiger partial charge in [0.2, 0.25) is 0 Å². The number of aliphatic hydroxyl groups excluding tert-OH is 1. The fraction of sp³-hybridized carbons (Fsp3) is 0.407. The van der Waals surface area contributed by atoms with E-state index in [4.69, 9.17) is 14.2 Å². The maximum absolute atomic E-state index is 13.3. The first-order chi connectivity index (χ1) is 17.3. The van der Waals surface area contributed by atoms with E-state index < -0.39 is 17.7 Å². The minimum Gasteiger partial charge on any atom is -0.507 e. The van der Waals surface area contributed by atoms with Crippen molar-refractivity contribution >= 4 is 17.4 Å². The van der Waals surface area contributed by atoms with Gasteiger partial charge in [-0.3, -0.25) is 14.5 Å². The summed E-state index contributed by atoms with van der Waals surface area (Å²) in [5, 5.41) is 21.6. The normalized spacial score (nSPS) is 20.1. The van der Waals surface area contributed by atoms with Gasteiger partial charge in [0, 0.05) is 31.7 Å². The highest BCUT2D eigenvalue weighted by atomic mass is 16.5. The molecule has 2 aromatic rings. The number of phenols is 1. The minimum atomic E-state index is -0.840. The van der Waals surface area contributed by atoms with E-state index in [9.17, 15) is 19.8 Å². The zero-order valence-corrected chi connectivity index (χ0v) is 20.8. The number of benzene rings is 2. The van der Waals surface area contributed by atoms with Crippen LogP contribution in [0.1, 0.15) is 29.7 Å². The molecule has 0 unspecified atom stereocenters. The van der Waals surface area contributed by atoms with E-state index in [1.54, 1.807) is 51.3 Å². The number of likely N-dealkylation sites (tertiary alicyclic amines) is 1. The Morgan fingerprint density at radius 1 is 1.11 bits per heavy atom. The maximum atomic E-state index is 13.3. The summed E-state index contributed by atoms with van der Waals surface area (Å²) in [6.07, 6.45) is 0. The molecule has 2 aromatic carbocycles. The molecule has 1 atom stereocenters. The van der Waals surface area contributed by atoms with Gasteiger partial charge in [-0.05, 0) is 55.3 Å². The molecule has 2 fully saturated rings. The number of ketones is 1. The van der Waals surface area contributed by atoms with E-state index in [2.05, 4.69) is 4.90 Å². The summed E-state index contributed by atoms with van der Waals surface area (Å²) < 4.78 is 16.2. The molecule has 1 amide bonds. The molecule has 0 spiro atoms. The molecule has 0 radical (unpaired) electrons. The van der Waals surface area contributed by atoms with Gasteiger partial charge in [-0.25, -0.2) is 0 Å². The topological polar surface area (TPSA) is 109 Å². The van der Waals surface area contributed by atoms with Crippen LogP contribution in [0.15, 0.2) is 42.0 Å². The number of phenolic OH excluding ortho intramolecular Hbond substituents is 1. The van der Waals surface area contributed by atoms with Gasteiger partial charge in [0.25, 0.3) is 11.7 Å². The lowest BCUT2D eigenvalue weighted by Crippen LogP contribution is -2.42. The third-order valence-corrected chi connectivity index (χ3v) is 6.59. The smallest absolute Gasteiger partial charge is 0.295 e. The molecular weight excluding hydrogens is 464 g/mol. The summed E-state index contributed by atoms with van der Waals surface area (Å²) in [6, 6.07) is 9.01. The summed E-state index contributed by atoms with van der Waals surface area (Å²) in [7, 11) is 1.55. The Morgan fingerprint density at radius 2 is 1.86 bits per heavy atom. The van der Waals surface area contributed by atoms with Gasteiger partial charge in [-0.15, -0.1) is 0 Å². The van der Waals surface area contributed by atoms with E-state index in [1.807, 2.05) is 0 Å². The van der Waals surface area contributed by atoms with Crippen LogP contribution in [0, 0.1) is 6.92 Å². The zero-order valence-electron chi connectivity index (χ0n) is 20.8. The average molecular weight is 497 g/mol. The van der Waals surface area contributed by atoms with E-state index in [1.165, 1.54) is 11.0 Å². The summed E-state index contributed by atoms with van der Waals surface area (Å²) in [6.45, 7) is 7.51. The average Bonchev–Trinajstić information content (AvgIpc) is 3.14. The number of rotatable bonds is 8. The lowest BCUT2D eigenvalue weighted by Gasteiger charge is -2.31. The number of nitrogens with zero attached hydrogens (tertiary/aromatic N) is 2. The van der Waals surface area contributed by atoms with Crippen molar-refractivity contribution in [1.29, 1.82) is 0 Å². The van der Waals surface area contributed by atoms with Crippen LogP contribution < -0.4 is 9.47 Å². The third kappa shape index (κ3) is 5.03. The number of aryl methyl sites for hydroxylation is 1. The Bertz CT molecular complexity index is 1170. The molecule has 2 aliphatic heterocycles. The number of hydrogen-bond donors (Lipinski definition) is 2. The lowest BCUT2D eigenvalue weighted by atomic mass is 9.93. The molecule has 9 nitrogen and oxygen atoms in total. The Labute approximate surface area is 210 Å². The molecule has 0 aliphatic carbocycles. The van der Waals surface area contributed by atoms with E-state index in [-0.39, 0.29) is 22.8 Å². The van der Waals surface area contributed by atoms with Gasteiger partial charge in [0.1, 0.15) is 11.5 Å². The first-order valence-electron chi connectivity index (χ1n) is 12.0. The van der Waals surface area contributed by atoms with Crippen LogP contribution in [0.2, 0.25) is 0 Å². The van der Waals surface area contributed by atoms with E-state index >= 15 is 0 Å². The number of Topliss-reactive ketones (excluding diaryl/α,β-unsaturated/α-hetero) is 1. The van der Waals surface area contributed by atoms with Crippen molar-refractivity contribution in [3.8, 4) is 17.2 Å². The highest BCUT2D eigenvalue weighted by Crippen LogP contribution is 2.42. The number of carbonyl (C=O) groups excluding carboxylic acids is 2. The first-order valence-corrected chi connectivity index (χ1v) is 12.0. The summed E-state index contributed by atoms with van der Waals surface area (Å²) in [5.41, 5.74) is 1.70. The molecule has 0 aromatic heterocycles. The molecule has 2 aliphatic rings. The molecule has 192 valence electrons. The monoisotopic (exact) mass is 496 g/mol. The van der Waals surface area contributed by atoms with Crippen LogP contribution in [-0.4, -0.2) is 84.8 Å². The second-order valence-electron chi connectivity index (χ2n) is 8.79. The van der Waals surface area contributed by atoms with Crippen molar-refractivity contribution in [2.24, 2.45) is 0 Å². The maximum Gasteiger partial charge on any atom is 0.295 e. The highest BCUT2D eigenvalue weighted by Gasteiger charge is 2.46. The van der Waals surface area contributed by atoms with Crippen molar-refractivity contribution in [1.82, 2.24) is 9.80 Å². The predicted molar refractivity (Wildman–Crippen MR) is 133 cm³/mol. The Kier molecular flexibility index (Phi) is 7.81. The minimum absolute atomic E-state index is 0.00313. The quantitative estimate of drug-likeness (QED) is 0.326. The summed E-state index contributed by atoms with van der Waals surface area (Å²) in [5.74, 6) is -0.858. The predicted octanol–water partition coefficient (Wildman–Crippen LogP) is 2.86. The van der Waals surface area contributed by atoms with E-state index in [0.717, 1.165) is 13.1 Å². The van der Waals surface area contributed by atoms with Gasteiger partial charge in [-0.1, -0.05) is 6.07 Å². The Balaban J connectivity index is 1.79. The van der Waals surface area contributed by atoms with Gasteiger partial charge in [0.15, 0.2) is 11.5 Å². The number of hydrogen-bond acceptors (Lipinski definition) is 8. The molecule has 9 heteroatoms. The number of aromatic hydroxyl groups is 1. The van der Waals surface area contributed by atoms with Gasteiger partial charge in [-0.2, -0.15) is 0 Å². The molecule has 2 saturated heterocycles. The van der Waals surface area contributed by atoms with Crippen molar-refractivity contribution in [2.45, 2.75) is 19.9 Å². The molecule has 2 heterocycles. The van der Waals surface area contributed by atoms with Gasteiger partial charge >= 0.3 is 0 Å². The zero-order chi connectivity index (χ0) is 25.8. The number of aliphatic hydroxyl groups is 1. The highest BCUT2D eigenvalue weighted by molar-refractivity contribution is 6.46. The Hall–Kier alpha value is -3.56. The molecular formula is C27H32N2O7. The molecule has 4 rings (SSSR count). The van der Waals surface area contributed by atoms with Crippen molar-refractivity contribution in [2.75, 3.05) is 53.1 Å². The molecule has 0 saturated carbocycles. The fourth-order valence-electron chi connectivity index (χ4n) is 4.68. The Morgan fingerprint density at radius 3 is 2.53 bits per heavy atom. The lowest BCUT2D eigenvalue weighted by molar-refractivity contribution is -0.140. The SMILES string of the molecule is CCOc1cc([C@@H]2/C(=C(\O)c3ccc(OC)cc3C)C(=O)C(=O)N2CCN2CCOCC2)ccc1O. The van der Waals surface area contributed by atoms with Crippen LogP contribution >= 0.6 is 0 Å². The number of ether oxygens (including phenoxy) is 3.